The Hall–Kier alpha value is -3.14. The van der Waals surface area contributed by atoms with E-state index in [0.29, 0.717) is 23.7 Å². The van der Waals surface area contributed by atoms with E-state index in [-0.39, 0.29) is 17.8 Å². The van der Waals surface area contributed by atoms with Crippen LogP contribution in [0.3, 0.4) is 0 Å². The van der Waals surface area contributed by atoms with Crippen molar-refractivity contribution in [1.29, 1.82) is 0 Å². The number of hydrogen-bond acceptors (Lipinski definition) is 2. The molecule has 174 valence electrons. The van der Waals surface area contributed by atoms with Crippen molar-refractivity contribution in [3.63, 3.8) is 0 Å². The molecule has 3 aromatic rings. The fourth-order valence-corrected chi connectivity index (χ4v) is 3.97. The van der Waals surface area contributed by atoms with E-state index in [2.05, 4.69) is 26.1 Å². The van der Waals surface area contributed by atoms with Gasteiger partial charge >= 0.3 is 0 Å². The normalized spacial score (nSPS) is 11.9. The lowest BCUT2D eigenvalue weighted by Crippen LogP contribution is -2.30. The summed E-state index contributed by atoms with van der Waals surface area (Å²) < 4.78 is 19.7. The van der Waals surface area contributed by atoms with Gasteiger partial charge in [-0.2, -0.15) is 0 Å². The SMILES string of the molecule is CCCc1ccc(COc2ccccc2)cc1C(=O)NC(CC(C)C)c1ccc(F)c(C)c1. The van der Waals surface area contributed by atoms with Crippen molar-refractivity contribution in [2.45, 2.75) is 59.6 Å². The van der Waals surface area contributed by atoms with Crippen molar-refractivity contribution < 1.29 is 13.9 Å². The third-order valence-electron chi connectivity index (χ3n) is 5.68. The molecule has 33 heavy (non-hydrogen) atoms. The predicted octanol–water partition coefficient (Wildman–Crippen LogP) is 7.18. The first-order valence-corrected chi connectivity index (χ1v) is 11.7. The van der Waals surface area contributed by atoms with Crippen LogP contribution in [0.15, 0.2) is 66.7 Å². The summed E-state index contributed by atoms with van der Waals surface area (Å²) in [5, 5.41) is 3.23. The van der Waals surface area contributed by atoms with E-state index >= 15 is 0 Å². The Bertz CT molecular complexity index is 1060. The van der Waals surface area contributed by atoms with Gasteiger partial charge in [0, 0.05) is 5.56 Å². The number of amides is 1. The first kappa shape index (κ1) is 24.5. The zero-order valence-electron chi connectivity index (χ0n) is 20.0. The van der Waals surface area contributed by atoms with Gasteiger partial charge in [0.1, 0.15) is 18.2 Å². The molecule has 0 bridgehead atoms. The third kappa shape index (κ3) is 6.92. The summed E-state index contributed by atoms with van der Waals surface area (Å²) in [5.41, 5.74) is 4.16. The molecule has 1 N–H and O–H groups in total. The molecule has 4 heteroatoms. The first-order chi connectivity index (χ1) is 15.9. The molecular formula is C29H34FNO2. The van der Waals surface area contributed by atoms with Gasteiger partial charge in [0.25, 0.3) is 5.91 Å². The molecule has 0 fully saturated rings. The number of hydrogen-bond donors (Lipinski definition) is 1. The average molecular weight is 448 g/mol. The number of carbonyl (C=O) groups is 1. The summed E-state index contributed by atoms with van der Waals surface area (Å²) in [5.74, 6) is 0.837. The highest BCUT2D eigenvalue weighted by Crippen LogP contribution is 2.25. The van der Waals surface area contributed by atoms with Crippen LogP contribution in [0.2, 0.25) is 0 Å². The number of carbonyl (C=O) groups excluding carboxylic acids is 1. The van der Waals surface area contributed by atoms with E-state index in [1.165, 1.54) is 6.07 Å². The number of aryl methyl sites for hydroxylation is 2. The van der Waals surface area contributed by atoms with Gasteiger partial charge in [0.2, 0.25) is 0 Å². The van der Waals surface area contributed by atoms with Gasteiger partial charge in [0.15, 0.2) is 0 Å². The fraction of sp³-hybridized carbons (Fsp3) is 0.345. The minimum Gasteiger partial charge on any atom is -0.489 e. The highest BCUT2D eigenvalue weighted by atomic mass is 19.1. The lowest BCUT2D eigenvalue weighted by Gasteiger charge is -2.23. The van der Waals surface area contributed by atoms with Crippen LogP contribution in [0.1, 0.15) is 72.3 Å². The number of nitrogens with one attached hydrogen (secondary N) is 1. The van der Waals surface area contributed by atoms with Crippen molar-refractivity contribution in [3.8, 4) is 5.75 Å². The molecule has 3 rings (SSSR count). The monoisotopic (exact) mass is 447 g/mol. The van der Waals surface area contributed by atoms with Crippen LogP contribution in [-0.2, 0) is 13.0 Å². The Morgan fingerprint density at radius 2 is 1.79 bits per heavy atom. The van der Waals surface area contributed by atoms with Crippen LogP contribution < -0.4 is 10.1 Å². The van der Waals surface area contributed by atoms with E-state index in [0.717, 1.165) is 41.7 Å². The largest absolute Gasteiger partial charge is 0.489 e. The van der Waals surface area contributed by atoms with Gasteiger partial charge < -0.3 is 10.1 Å². The molecule has 3 aromatic carbocycles. The van der Waals surface area contributed by atoms with Crippen molar-refractivity contribution in [2.24, 2.45) is 5.92 Å². The number of halogens is 1. The van der Waals surface area contributed by atoms with Gasteiger partial charge in [-0.05, 0) is 72.2 Å². The summed E-state index contributed by atoms with van der Waals surface area (Å²) in [6, 6.07) is 20.5. The summed E-state index contributed by atoms with van der Waals surface area (Å²) in [6.07, 6.45) is 2.55. The minimum absolute atomic E-state index is 0.104. The van der Waals surface area contributed by atoms with Crippen LogP contribution in [-0.4, -0.2) is 5.91 Å². The maximum absolute atomic E-state index is 13.8. The van der Waals surface area contributed by atoms with E-state index in [1.54, 1.807) is 13.0 Å². The maximum Gasteiger partial charge on any atom is 0.252 e. The Labute approximate surface area is 197 Å². The molecular weight excluding hydrogens is 413 g/mol. The molecule has 1 atom stereocenters. The zero-order chi connectivity index (χ0) is 23.8. The van der Waals surface area contributed by atoms with Gasteiger partial charge in [-0.3, -0.25) is 4.79 Å². The van der Waals surface area contributed by atoms with Crippen molar-refractivity contribution in [1.82, 2.24) is 5.32 Å². The highest BCUT2D eigenvalue weighted by Gasteiger charge is 2.20. The van der Waals surface area contributed by atoms with E-state index in [1.807, 2.05) is 54.6 Å². The number of para-hydroxylation sites is 1. The van der Waals surface area contributed by atoms with Gasteiger partial charge in [-0.1, -0.05) is 69.7 Å². The maximum atomic E-state index is 13.8. The van der Waals surface area contributed by atoms with E-state index in [9.17, 15) is 9.18 Å². The quantitative estimate of drug-likeness (QED) is 0.357. The minimum atomic E-state index is -0.232. The summed E-state index contributed by atoms with van der Waals surface area (Å²) in [6.45, 7) is 8.50. The van der Waals surface area contributed by atoms with E-state index < -0.39 is 0 Å². The predicted molar refractivity (Wildman–Crippen MR) is 132 cm³/mol. The molecule has 0 saturated heterocycles. The second-order valence-corrected chi connectivity index (χ2v) is 9.01. The summed E-state index contributed by atoms with van der Waals surface area (Å²) >= 11 is 0. The molecule has 0 radical (unpaired) electrons. The van der Waals surface area contributed by atoms with Crippen LogP contribution >= 0.6 is 0 Å². The smallest absolute Gasteiger partial charge is 0.252 e. The van der Waals surface area contributed by atoms with Gasteiger partial charge in [0.05, 0.1) is 6.04 Å². The van der Waals surface area contributed by atoms with Gasteiger partial charge in [-0.15, -0.1) is 0 Å². The van der Waals surface area contributed by atoms with E-state index in [4.69, 9.17) is 4.74 Å². The Balaban J connectivity index is 1.84. The van der Waals surface area contributed by atoms with Crippen LogP contribution in [0.25, 0.3) is 0 Å². The zero-order valence-corrected chi connectivity index (χ0v) is 20.0. The fourth-order valence-electron chi connectivity index (χ4n) is 3.97. The molecule has 0 aromatic heterocycles. The molecule has 1 amide bonds. The molecule has 0 heterocycles. The van der Waals surface area contributed by atoms with Crippen LogP contribution in [0.5, 0.6) is 5.75 Å². The number of rotatable bonds is 10. The Morgan fingerprint density at radius 3 is 2.45 bits per heavy atom. The Kier molecular flexibility index (Phi) is 8.65. The van der Waals surface area contributed by atoms with Gasteiger partial charge in [-0.25, -0.2) is 4.39 Å². The second kappa shape index (κ2) is 11.6. The molecule has 3 nitrogen and oxygen atoms in total. The average Bonchev–Trinajstić information content (AvgIpc) is 2.80. The third-order valence-corrected chi connectivity index (χ3v) is 5.68. The summed E-state index contributed by atoms with van der Waals surface area (Å²) in [4.78, 5) is 13.5. The standard InChI is InChI=1S/C29H34FNO2/c1-5-9-23-13-12-22(19-33-25-10-7-6-8-11-25)18-26(23)29(32)31-28(16-20(2)3)24-14-15-27(30)21(4)17-24/h6-8,10-15,17-18,20,28H,5,9,16,19H2,1-4H3,(H,31,32). The lowest BCUT2D eigenvalue weighted by molar-refractivity contribution is 0.0930. The van der Waals surface area contributed by atoms with Crippen LogP contribution in [0, 0.1) is 18.7 Å². The van der Waals surface area contributed by atoms with Crippen molar-refractivity contribution in [2.75, 3.05) is 0 Å². The molecule has 0 aliphatic rings. The highest BCUT2D eigenvalue weighted by molar-refractivity contribution is 5.96. The van der Waals surface area contributed by atoms with Crippen molar-refractivity contribution >= 4 is 5.91 Å². The number of ether oxygens (including phenoxy) is 1. The first-order valence-electron chi connectivity index (χ1n) is 11.7. The second-order valence-electron chi connectivity index (χ2n) is 9.01. The lowest BCUT2D eigenvalue weighted by atomic mass is 9.94. The topological polar surface area (TPSA) is 38.3 Å². The van der Waals surface area contributed by atoms with Crippen molar-refractivity contribution in [3.05, 3.63) is 100 Å². The Morgan fingerprint density at radius 1 is 1.03 bits per heavy atom. The molecule has 0 aliphatic heterocycles. The molecule has 0 aliphatic carbocycles. The van der Waals surface area contributed by atoms with Crippen LogP contribution in [0.4, 0.5) is 4.39 Å². The molecule has 0 spiro atoms. The molecule has 0 saturated carbocycles. The number of benzene rings is 3. The molecule has 1 unspecified atom stereocenters. The summed E-state index contributed by atoms with van der Waals surface area (Å²) in [7, 11) is 0.